The molecule has 2 aromatic carbocycles. The summed E-state index contributed by atoms with van der Waals surface area (Å²) in [6.07, 6.45) is -0.526. The number of amides is 2. The molecule has 2 aliphatic heterocycles. The molecular formula is C26H26N6O6S3. The number of anilines is 1. The van der Waals surface area contributed by atoms with Gasteiger partial charge in [0.25, 0.3) is 11.8 Å². The zero-order chi connectivity index (χ0) is 28.6. The molecule has 0 spiro atoms. The van der Waals surface area contributed by atoms with Gasteiger partial charge in [-0.2, -0.15) is 11.8 Å². The highest BCUT2D eigenvalue weighted by molar-refractivity contribution is 8.26. The van der Waals surface area contributed by atoms with Crippen LogP contribution in [0, 0.1) is 10.8 Å². The van der Waals surface area contributed by atoms with E-state index in [1.165, 1.54) is 11.3 Å². The summed E-state index contributed by atoms with van der Waals surface area (Å²) in [5, 5.41) is 30.8. The Labute approximate surface area is 247 Å². The number of hydrogen-bond acceptors (Lipinski definition) is 13. The first kappa shape index (κ1) is 28.7. The van der Waals surface area contributed by atoms with E-state index < -0.39 is 18.1 Å². The zero-order valence-electron chi connectivity index (χ0n) is 21.6. The number of ether oxygens (including phenoxy) is 4. The van der Waals surface area contributed by atoms with Crippen molar-refractivity contribution in [2.24, 2.45) is 0 Å². The predicted octanol–water partition coefficient (Wildman–Crippen LogP) is 3.58. The van der Waals surface area contributed by atoms with Crippen LogP contribution >= 0.6 is 34.9 Å². The van der Waals surface area contributed by atoms with Crippen molar-refractivity contribution in [1.82, 2.24) is 15.5 Å². The lowest BCUT2D eigenvalue weighted by Gasteiger charge is -2.25. The highest BCUT2D eigenvalue weighted by atomic mass is 32.2. The standard InChI is InChI=1S/C26H26N6O6S3/c27-21(40-25(28)29-23(33)19-13-35-15-5-1-3-7-17(15)37-19)9-11-39-12-10-22-31-32-26(41-22)30-24(34)20-14-36-16-6-2-4-8-18(16)38-20/h1-8,19-20,27H,9-14H2,(H2,28,29,33)(H,30,32,34). The normalized spacial score (nSPS) is 16.9. The summed E-state index contributed by atoms with van der Waals surface area (Å²) in [6.45, 7) is 0.166. The maximum atomic E-state index is 12.6. The molecule has 2 aliphatic rings. The fourth-order valence-electron chi connectivity index (χ4n) is 3.71. The van der Waals surface area contributed by atoms with E-state index in [2.05, 4.69) is 20.8 Å². The lowest BCUT2D eigenvalue weighted by molar-refractivity contribution is -0.128. The van der Waals surface area contributed by atoms with E-state index in [0.717, 1.165) is 22.5 Å². The first-order chi connectivity index (χ1) is 19.9. The fourth-order valence-corrected chi connectivity index (χ4v) is 6.20. The highest BCUT2D eigenvalue weighted by Crippen LogP contribution is 2.32. The molecule has 0 saturated carbocycles. The van der Waals surface area contributed by atoms with E-state index >= 15 is 0 Å². The Kier molecular flexibility index (Phi) is 9.59. The molecule has 4 N–H and O–H groups in total. The second kappa shape index (κ2) is 13.7. The molecule has 3 aromatic rings. The summed E-state index contributed by atoms with van der Waals surface area (Å²) in [6, 6.07) is 14.3. The van der Waals surface area contributed by atoms with Gasteiger partial charge >= 0.3 is 0 Å². The Morgan fingerprint density at radius 3 is 2.15 bits per heavy atom. The van der Waals surface area contributed by atoms with Gasteiger partial charge < -0.3 is 24.3 Å². The predicted molar refractivity (Wildman–Crippen MR) is 158 cm³/mol. The molecular weight excluding hydrogens is 589 g/mol. The summed E-state index contributed by atoms with van der Waals surface area (Å²) < 4.78 is 22.5. The summed E-state index contributed by atoms with van der Waals surface area (Å²) >= 11 is 3.83. The monoisotopic (exact) mass is 614 g/mol. The maximum Gasteiger partial charge on any atom is 0.270 e. The Morgan fingerprint density at radius 1 is 0.878 bits per heavy atom. The number of thioether (sulfide) groups is 2. The number of nitrogens with one attached hydrogen (secondary N) is 4. The third kappa shape index (κ3) is 7.89. The van der Waals surface area contributed by atoms with Crippen molar-refractivity contribution in [3.05, 3.63) is 53.5 Å². The molecule has 214 valence electrons. The van der Waals surface area contributed by atoms with Gasteiger partial charge in [0.05, 0.1) is 5.04 Å². The third-order valence-electron chi connectivity index (χ3n) is 5.69. The summed E-state index contributed by atoms with van der Waals surface area (Å²) in [7, 11) is 0. The van der Waals surface area contributed by atoms with Crippen molar-refractivity contribution >= 4 is 62.0 Å². The van der Waals surface area contributed by atoms with Crippen molar-refractivity contribution in [3.8, 4) is 23.0 Å². The van der Waals surface area contributed by atoms with Gasteiger partial charge in [-0.1, -0.05) is 35.6 Å². The molecule has 15 heteroatoms. The van der Waals surface area contributed by atoms with Crippen LogP contribution in [-0.2, 0) is 16.0 Å². The van der Waals surface area contributed by atoms with E-state index in [-0.39, 0.29) is 29.3 Å². The van der Waals surface area contributed by atoms with Crippen LogP contribution in [0.2, 0.25) is 0 Å². The van der Waals surface area contributed by atoms with Gasteiger partial charge in [0.1, 0.15) is 18.2 Å². The van der Waals surface area contributed by atoms with E-state index in [0.29, 0.717) is 46.7 Å². The number of carbonyl (C=O) groups excluding carboxylic acids is 2. The molecule has 0 bridgehead atoms. The number of nitrogens with zero attached hydrogens (tertiary/aromatic N) is 2. The molecule has 1 aromatic heterocycles. The largest absolute Gasteiger partial charge is 0.485 e. The summed E-state index contributed by atoms with van der Waals surface area (Å²) in [5.74, 6) is 2.78. The Bertz CT molecular complexity index is 1440. The average Bonchev–Trinajstić information content (AvgIpc) is 3.43. The number of fused-ring (bicyclic) bond motifs is 2. The lowest BCUT2D eigenvalue weighted by atomic mass is 10.2. The minimum absolute atomic E-state index is 0.0519. The molecule has 3 heterocycles. The van der Waals surface area contributed by atoms with Crippen molar-refractivity contribution in [2.75, 3.05) is 30.0 Å². The van der Waals surface area contributed by atoms with Gasteiger partial charge in [-0.3, -0.25) is 25.7 Å². The van der Waals surface area contributed by atoms with Gasteiger partial charge in [-0.25, -0.2) is 0 Å². The van der Waals surface area contributed by atoms with Gasteiger partial charge in [-0.05, 0) is 47.5 Å². The van der Waals surface area contributed by atoms with Gasteiger partial charge in [-0.15, -0.1) is 10.2 Å². The molecule has 2 unspecified atom stereocenters. The number of benzene rings is 2. The number of amidine groups is 1. The molecule has 5 rings (SSSR count). The second-order valence-electron chi connectivity index (χ2n) is 8.67. The topological polar surface area (TPSA) is 169 Å². The van der Waals surface area contributed by atoms with Crippen LogP contribution < -0.4 is 29.6 Å². The Morgan fingerprint density at radius 2 is 1.49 bits per heavy atom. The first-order valence-corrected chi connectivity index (χ1v) is 15.4. The van der Waals surface area contributed by atoms with Crippen LogP contribution in [-0.4, -0.2) is 69.2 Å². The number of carbonyl (C=O) groups is 2. The van der Waals surface area contributed by atoms with Crippen molar-refractivity contribution in [3.63, 3.8) is 0 Å². The van der Waals surface area contributed by atoms with Gasteiger partial charge in [0.2, 0.25) is 17.3 Å². The summed E-state index contributed by atoms with van der Waals surface area (Å²) in [5.41, 5.74) is 0. The highest BCUT2D eigenvalue weighted by Gasteiger charge is 2.29. The first-order valence-electron chi connectivity index (χ1n) is 12.6. The van der Waals surface area contributed by atoms with Crippen molar-refractivity contribution in [1.29, 1.82) is 10.8 Å². The van der Waals surface area contributed by atoms with Crippen LogP contribution in [0.4, 0.5) is 5.13 Å². The van der Waals surface area contributed by atoms with Crippen LogP contribution in [0.15, 0.2) is 48.5 Å². The second-order valence-corrected chi connectivity index (χ2v) is 12.1. The molecule has 0 radical (unpaired) electrons. The SMILES string of the molecule is N=C(CCSCCc1nnc(NC(=O)C2COc3ccccc3O2)s1)SC(=N)NC(=O)C1COc2ccccc2O1. The van der Waals surface area contributed by atoms with Gasteiger partial charge in [0.15, 0.2) is 28.2 Å². The third-order valence-corrected chi connectivity index (χ3v) is 8.34. The Balaban J connectivity index is 0.949. The number of aromatic nitrogens is 2. The van der Waals surface area contributed by atoms with Crippen molar-refractivity contribution < 1.29 is 28.5 Å². The van der Waals surface area contributed by atoms with Crippen LogP contribution in [0.5, 0.6) is 23.0 Å². The fraction of sp³-hybridized carbons (Fsp3) is 0.308. The van der Waals surface area contributed by atoms with Crippen LogP contribution in [0.3, 0.4) is 0 Å². The average molecular weight is 615 g/mol. The van der Waals surface area contributed by atoms with Crippen LogP contribution in [0.1, 0.15) is 11.4 Å². The Hall–Kier alpha value is -3.82. The van der Waals surface area contributed by atoms with E-state index in [1.807, 2.05) is 18.2 Å². The minimum Gasteiger partial charge on any atom is -0.485 e. The molecule has 0 saturated heterocycles. The molecule has 2 amide bonds. The number of hydrogen-bond donors (Lipinski definition) is 4. The maximum absolute atomic E-state index is 12.6. The molecule has 2 atom stereocenters. The quantitative estimate of drug-likeness (QED) is 0.159. The van der Waals surface area contributed by atoms with Gasteiger partial charge in [0, 0.05) is 12.8 Å². The molecule has 0 fully saturated rings. The van der Waals surface area contributed by atoms with E-state index in [9.17, 15) is 9.59 Å². The van der Waals surface area contributed by atoms with Crippen molar-refractivity contribution in [2.45, 2.75) is 25.0 Å². The number of aryl methyl sites for hydroxylation is 1. The van der Waals surface area contributed by atoms with Crippen LogP contribution in [0.25, 0.3) is 0 Å². The lowest BCUT2D eigenvalue weighted by Crippen LogP contribution is -2.45. The molecule has 41 heavy (non-hydrogen) atoms. The van der Waals surface area contributed by atoms with E-state index in [1.54, 1.807) is 42.1 Å². The number of rotatable bonds is 9. The molecule has 0 aliphatic carbocycles. The summed E-state index contributed by atoms with van der Waals surface area (Å²) in [4.78, 5) is 25.0. The van der Waals surface area contributed by atoms with E-state index in [4.69, 9.17) is 29.8 Å². The zero-order valence-corrected chi connectivity index (χ0v) is 24.0. The minimum atomic E-state index is -0.864. The smallest absolute Gasteiger partial charge is 0.270 e. The number of para-hydroxylation sites is 4. The molecule has 12 nitrogen and oxygen atoms in total.